The van der Waals surface area contributed by atoms with Crippen molar-refractivity contribution in [2.75, 3.05) is 6.54 Å². The zero-order chi connectivity index (χ0) is 23.2. The molecule has 9 heteroatoms. The zero-order valence-corrected chi connectivity index (χ0v) is 19.4. The molecular weight excluding hydrogens is 449 g/mol. The third-order valence-electron chi connectivity index (χ3n) is 7.08. The highest BCUT2D eigenvalue weighted by molar-refractivity contribution is 7.11. The van der Waals surface area contributed by atoms with E-state index >= 15 is 0 Å². The number of carbonyl (C=O) groups excluding carboxylic acids is 1. The second kappa shape index (κ2) is 8.74. The molecule has 0 saturated heterocycles. The Bertz CT molecular complexity index is 1160. The van der Waals surface area contributed by atoms with Crippen LogP contribution in [0.15, 0.2) is 24.5 Å². The van der Waals surface area contributed by atoms with Gasteiger partial charge in [-0.3, -0.25) is 4.79 Å². The van der Waals surface area contributed by atoms with Gasteiger partial charge in [-0.05, 0) is 48.8 Å². The van der Waals surface area contributed by atoms with Crippen molar-refractivity contribution in [3.63, 3.8) is 0 Å². The van der Waals surface area contributed by atoms with Crippen molar-refractivity contribution >= 4 is 28.3 Å². The van der Waals surface area contributed by atoms with Crippen LogP contribution in [0.5, 0.6) is 0 Å². The quantitative estimate of drug-likeness (QED) is 0.488. The topological polar surface area (TPSA) is 51.0 Å². The third-order valence-corrected chi connectivity index (χ3v) is 8.10. The Kier molecular flexibility index (Phi) is 5.93. The van der Waals surface area contributed by atoms with Crippen molar-refractivity contribution < 1.29 is 18.0 Å². The molecule has 5 nitrogen and oxygen atoms in total. The SMILES string of the molecule is CC1CCC(CC(=O)N2CCc3c(n(Cc4cnc(C(F)(F)F)s4)c4ncccc34)C2)CC1. The lowest BCUT2D eigenvalue weighted by Gasteiger charge is -2.31. The smallest absolute Gasteiger partial charge is 0.337 e. The number of rotatable bonds is 4. The molecule has 0 spiro atoms. The van der Waals surface area contributed by atoms with E-state index in [2.05, 4.69) is 16.9 Å². The van der Waals surface area contributed by atoms with Crippen molar-refractivity contribution in [3.8, 4) is 0 Å². The zero-order valence-electron chi connectivity index (χ0n) is 18.6. The Morgan fingerprint density at radius 2 is 2.00 bits per heavy atom. The predicted molar refractivity (Wildman–Crippen MR) is 121 cm³/mol. The Labute approximate surface area is 194 Å². The van der Waals surface area contributed by atoms with Gasteiger partial charge in [-0.1, -0.05) is 19.8 Å². The number of alkyl halides is 3. The van der Waals surface area contributed by atoms with Crippen LogP contribution in [0.4, 0.5) is 13.2 Å². The van der Waals surface area contributed by atoms with Crippen LogP contribution in [0.1, 0.15) is 60.2 Å². The second-order valence-corrected chi connectivity index (χ2v) is 10.5. The summed E-state index contributed by atoms with van der Waals surface area (Å²) in [5.74, 6) is 1.39. The van der Waals surface area contributed by atoms with E-state index in [4.69, 9.17) is 0 Å². The van der Waals surface area contributed by atoms with Gasteiger partial charge in [0, 0.05) is 41.3 Å². The number of halogens is 3. The van der Waals surface area contributed by atoms with Crippen LogP contribution < -0.4 is 0 Å². The first-order valence-electron chi connectivity index (χ1n) is 11.5. The Hall–Kier alpha value is -2.42. The molecule has 2 aliphatic rings. The lowest BCUT2D eigenvalue weighted by atomic mass is 9.81. The van der Waals surface area contributed by atoms with Gasteiger partial charge in [0.25, 0.3) is 0 Å². The fraction of sp³-hybridized carbons (Fsp3) is 0.542. The summed E-state index contributed by atoms with van der Waals surface area (Å²) in [6, 6.07) is 3.88. The van der Waals surface area contributed by atoms with Crippen molar-refractivity contribution in [1.82, 2.24) is 19.4 Å². The lowest BCUT2D eigenvalue weighted by Crippen LogP contribution is -2.37. The molecule has 0 radical (unpaired) electrons. The minimum absolute atomic E-state index is 0.183. The molecule has 1 fully saturated rings. The molecule has 1 aliphatic carbocycles. The number of aromatic nitrogens is 3. The fourth-order valence-corrected chi connectivity index (χ4v) is 5.99. The minimum atomic E-state index is -4.44. The summed E-state index contributed by atoms with van der Waals surface area (Å²) in [4.78, 5) is 23.7. The Morgan fingerprint density at radius 3 is 2.73 bits per heavy atom. The maximum Gasteiger partial charge on any atom is 0.443 e. The summed E-state index contributed by atoms with van der Waals surface area (Å²) in [5, 5.41) is 0.177. The first kappa shape index (κ1) is 22.4. The van der Waals surface area contributed by atoms with Gasteiger partial charge in [0.1, 0.15) is 5.65 Å². The van der Waals surface area contributed by atoms with Gasteiger partial charge in [-0.25, -0.2) is 9.97 Å². The number of carbonyl (C=O) groups is 1. The van der Waals surface area contributed by atoms with E-state index in [0.29, 0.717) is 41.6 Å². The van der Waals surface area contributed by atoms with E-state index in [1.165, 1.54) is 19.0 Å². The van der Waals surface area contributed by atoms with E-state index in [-0.39, 0.29) is 12.5 Å². The van der Waals surface area contributed by atoms with Crippen LogP contribution in [-0.4, -0.2) is 31.9 Å². The van der Waals surface area contributed by atoms with E-state index in [1.54, 1.807) is 6.20 Å². The molecule has 1 aliphatic heterocycles. The molecule has 0 atom stereocenters. The summed E-state index contributed by atoms with van der Waals surface area (Å²) >= 11 is 0.663. The highest BCUT2D eigenvalue weighted by atomic mass is 32.1. The number of hydrogen-bond acceptors (Lipinski definition) is 4. The normalized spacial score (nSPS) is 21.4. The van der Waals surface area contributed by atoms with Crippen molar-refractivity contribution in [3.05, 3.63) is 45.7 Å². The molecule has 176 valence electrons. The summed E-state index contributed by atoms with van der Waals surface area (Å²) < 4.78 is 41.1. The molecule has 5 rings (SSSR count). The van der Waals surface area contributed by atoms with E-state index in [9.17, 15) is 18.0 Å². The fourth-order valence-electron chi connectivity index (χ4n) is 5.22. The van der Waals surface area contributed by atoms with Gasteiger partial charge in [-0.15, -0.1) is 11.3 Å². The maximum atomic E-state index is 13.1. The average Bonchev–Trinajstić information content (AvgIpc) is 3.39. The van der Waals surface area contributed by atoms with Crippen LogP contribution in [0.25, 0.3) is 11.0 Å². The number of fused-ring (bicyclic) bond motifs is 3. The van der Waals surface area contributed by atoms with Gasteiger partial charge in [0.15, 0.2) is 5.01 Å². The van der Waals surface area contributed by atoms with Crippen LogP contribution in [0.3, 0.4) is 0 Å². The standard InChI is InChI=1S/C24H27F3N4OS/c1-15-4-6-16(7-5-15)11-21(32)30-10-8-18-19-3-2-9-28-22(19)31(20(18)14-30)13-17-12-29-23(33-17)24(25,26)27/h2-3,9,12,15-16H,4-8,10-11,13-14H2,1H3. The van der Waals surface area contributed by atoms with E-state index in [0.717, 1.165) is 47.5 Å². The molecule has 3 aromatic rings. The number of amides is 1. The molecule has 1 saturated carbocycles. The lowest BCUT2D eigenvalue weighted by molar-refractivity contribution is -0.137. The van der Waals surface area contributed by atoms with Crippen LogP contribution in [0, 0.1) is 11.8 Å². The Balaban J connectivity index is 1.40. The molecule has 3 aromatic heterocycles. The summed E-state index contributed by atoms with van der Waals surface area (Å²) in [6.45, 7) is 3.68. The largest absolute Gasteiger partial charge is 0.443 e. The molecule has 0 N–H and O–H groups in total. The molecule has 1 amide bonds. The molecule has 33 heavy (non-hydrogen) atoms. The summed E-state index contributed by atoms with van der Waals surface area (Å²) in [7, 11) is 0. The van der Waals surface area contributed by atoms with Crippen molar-refractivity contribution in [1.29, 1.82) is 0 Å². The van der Waals surface area contributed by atoms with Gasteiger partial charge < -0.3 is 9.47 Å². The summed E-state index contributed by atoms with van der Waals surface area (Å²) in [6.07, 6.45) is 4.48. The molecule has 4 heterocycles. The summed E-state index contributed by atoms with van der Waals surface area (Å²) in [5.41, 5.74) is 2.87. The molecular formula is C24H27F3N4OS. The average molecular weight is 477 g/mol. The first-order valence-corrected chi connectivity index (χ1v) is 12.4. The molecule has 0 unspecified atom stereocenters. The third kappa shape index (κ3) is 4.52. The first-order chi connectivity index (χ1) is 15.8. The van der Waals surface area contributed by atoms with Gasteiger partial charge >= 0.3 is 6.18 Å². The monoisotopic (exact) mass is 476 g/mol. The van der Waals surface area contributed by atoms with Crippen LogP contribution in [0.2, 0.25) is 0 Å². The van der Waals surface area contributed by atoms with Crippen LogP contribution >= 0.6 is 11.3 Å². The van der Waals surface area contributed by atoms with Gasteiger partial charge in [0.2, 0.25) is 5.91 Å². The number of hydrogen-bond donors (Lipinski definition) is 0. The number of thiazole rings is 1. The highest BCUT2D eigenvalue weighted by Crippen LogP contribution is 2.36. The van der Waals surface area contributed by atoms with Crippen molar-refractivity contribution in [2.24, 2.45) is 11.8 Å². The van der Waals surface area contributed by atoms with Gasteiger partial charge in [0.05, 0.1) is 13.1 Å². The van der Waals surface area contributed by atoms with Crippen LogP contribution in [-0.2, 0) is 30.5 Å². The van der Waals surface area contributed by atoms with E-state index in [1.807, 2.05) is 21.6 Å². The number of nitrogens with zero attached hydrogens (tertiary/aromatic N) is 4. The Morgan fingerprint density at radius 1 is 1.21 bits per heavy atom. The maximum absolute atomic E-state index is 13.1. The minimum Gasteiger partial charge on any atom is -0.337 e. The molecule has 0 bridgehead atoms. The molecule has 0 aromatic carbocycles. The van der Waals surface area contributed by atoms with Crippen molar-refractivity contribution in [2.45, 2.75) is 64.7 Å². The number of pyridine rings is 1. The predicted octanol–water partition coefficient (Wildman–Crippen LogP) is 5.66. The van der Waals surface area contributed by atoms with Gasteiger partial charge in [-0.2, -0.15) is 13.2 Å². The highest BCUT2D eigenvalue weighted by Gasteiger charge is 2.35. The van der Waals surface area contributed by atoms with E-state index < -0.39 is 11.2 Å². The second-order valence-electron chi connectivity index (χ2n) is 9.41.